The minimum atomic E-state index is 0.610. The molecule has 0 N–H and O–H groups in total. The molecule has 0 aliphatic carbocycles. The molecule has 5 heteroatoms. The molecule has 0 fully saturated rings. The third-order valence-electron chi connectivity index (χ3n) is 11.9. The van der Waals surface area contributed by atoms with Crippen molar-refractivity contribution in [3.63, 3.8) is 0 Å². The van der Waals surface area contributed by atoms with Crippen LogP contribution in [0.1, 0.15) is 0 Å². The second-order valence-corrected chi connectivity index (χ2v) is 16.9. The Morgan fingerprint density at radius 1 is 0.254 bits per heavy atom. The molecule has 294 valence electrons. The summed E-state index contributed by atoms with van der Waals surface area (Å²) in [7, 11) is 0. The highest BCUT2D eigenvalue weighted by Crippen LogP contribution is 2.44. The Hall–Kier alpha value is -8.12. The number of benzene rings is 9. The van der Waals surface area contributed by atoms with E-state index in [0.717, 1.165) is 77.6 Å². The van der Waals surface area contributed by atoms with Gasteiger partial charge in [0.05, 0.1) is 11.2 Å². The molecule has 12 rings (SSSR count). The number of hydrogen-bond acceptors (Lipinski definition) is 5. The van der Waals surface area contributed by atoms with Crippen molar-refractivity contribution in [2.75, 3.05) is 0 Å². The molecule has 9 aromatic carbocycles. The molecule has 0 atom stereocenters. The Labute approximate surface area is 368 Å². The van der Waals surface area contributed by atoms with Gasteiger partial charge in [-0.15, -0.1) is 11.3 Å². The zero-order chi connectivity index (χ0) is 41.7. The van der Waals surface area contributed by atoms with Gasteiger partial charge in [-0.2, -0.15) is 0 Å². The number of aromatic nitrogens is 4. The molecule has 3 aromatic heterocycles. The van der Waals surface area contributed by atoms with E-state index >= 15 is 0 Å². The largest absolute Gasteiger partial charge is 0.247 e. The summed E-state index contributed by atoms with van der Waals surface area (Å²) in [6, 6.07) is 76.8. The van der Waals surface area contributed by atoms with Crippen LogP contribution >= 0.6 is 11.3 Å². The van der Waals surface area contributed by atoms with Gasteiger partial charge in [-0.3, -0.25) is 0 Å². The molecule has 0 aliphatic heterocycles. The number of thiophene rings is 1. The average molecular weight is 821 g/mol. The molecule has 0 bridgehead atoms. The lowest BCUT2D eigenvalue weighted by Crippen LogP contribution is -2.00. The first-order chi connectivity index (χ1) is 31.2. The molecular weight excluding hydrogens is 785 g/mol. The van der Waals surface area contributed by atoms with Gasteiger partial charge in [-0.25, -0.2) is 19.9 Å². The average Bonchev–Trinajstić information content (AvgIpc) is 3.76. The van der Waals surface area contributed by atoms with E-state index in [-0.39, 0.29) is 0 Å². The van der Waals surface area contributed by atoms with E-state index in [2.05, 4.69) is 206 Å². The van der Waals surface area contributed by atoms with Crippen LogP contribution in [-0.2, 0) is 0 Å². The maximum atomic E-state index is 5.42. The molecule has 0 unspecified atom stereocenters. The summed E-state index contributed by atoms with van der Waals surface area (Å²) in [6.07, 6.45) is 0. The van der Waals surface area contributed by atoms with Gasteiger partial charge in [0.2, 0.25) is 0 Å². The normalized spacial score (nSPS) is 11.5. The third kappa shape index (κ3) is 6.72. The monoisotopic (exact) mass is 820 g/mol. The molecule has 12 aromatic rings. The van der Waals surface area contributed by atoms with E-state index in [1.165, 1.54) is 25.6 Å². The highest BCUT2D eigenvalue weighted by atomic mass is 32.1. The minimum Gasteiger partial charge on any atom is -0.247 e. The number of fused-ring (bicyclic) bond motifs is 7. The summed E-state index contributed by atoms with van der Waals surface area (Å²) in [4.78, 5) is 20.8. The van der Waals surface area contributed by atoms with E-state index in [9.17, 15) is 0 Å². The maximum Gasteiger partial charge on any atom is 0.164 e. The maximum absolute atomic E-state index is 5.42. The van der Waals surface area contributed by atoms with Crippen molar-refractivity contribution < 1.29 is 0 Å². The van der Waals surface area contributed by atoms with Crippen molar-refractivity contribution in [2.24, 2.45) is 0 Å². The van der Waals surface area contributed by atoms with E-state index < -0.39 is 0 Å². The van der Waals surface area contributed by atoms with Gasteiger partial charge in [0.25, 0.3) is 0 Å². The topological polar surface area (TPSA) is 51.6 Å². The highest BCUT2D eigenvalue weighted by molar-refractivity contribution is 7.26. The van der Waals surface area contributed by atoms with Gasteiger partial charge in [0, 0.05) is 58.6 Å². The third-order valence-corrected chi connectivity index (χ3v) is 13.1. The minimum absolute atomic E-state index is 0.610. The number of nitrogens with zero attached hydrogens (tertiary/aromatic N) is 4. The second-order valence-electron chi connectivity index (χ2n) is 15.8. The first-order valence-electron chi connectivity index (χ1n) is 21.1. The molecule has 0 radical (unpaired) electrons. The molecule has 0 saturated heterocycles. The molecule has 3 heterocycles. The van der Waals surface area contributed by atoms with Gasteiger partial charge in [0.15, 0.2) is 17.5 Å². The van der Waals surface area contributed by atoms with Crippen LogP contribution in [0, 0.1) is 0 Å². The predicted octanol–water partition coefficient (Wildman–Crippen LogP) is 15.6. The van der Waals surface area contributed by atoms with Crippen LogP contribution in [0.5, 0.6) is 0 Å². The lowest BCUT2D eigenvalue weighted by atomic mass is 9.94. The van der Waals surface area contributed by atoms with Crippen LogP contribution in [0.2, 0.25) is 0 Å². The lowest BCUT2D eigenvalue weighted by molar-refractivity contribution is 1.07. The molecule has 0 saturated carbocycles. The van der Waals surface area contributed by atoms with Crippen molar-refractivity contribution in [1.29, 1.82) is 0 Å². The van der Waals surface area contributed by atoms with Crippen LogP contribution in [0.3, 0.4) is 0 Å². The van der Waals surface area contributed by atoms with Crippen molar-refractivity contribution in [3.8, 4) is 78.8 Å². The lowest BCUT2D eigenvalue weighted by Gasteiger charge is -2.13. The Bertz CT molecular complexity index is 3540. The molecule has 0 spiro atoms. The van der Waals surface area contributed by atoms with Crippen LogP contribution < -0.4 is 0 Å². The van der Waals surface area contributed by atoms with Crippen molar-refractivity contribution in [3.05, 3.63) is 218 Å². The Kier molecular flexibility index (Phi) is 8.98. The van der Waals surface area contributed by atoms with Crippen LogP contribution in [-0.4, -0.2) is 19.9 Å². The van der Waals surface area contributed by atoms with Gasteiger partial charge in [-0.05, 0) is 57.6 Å². The zero-order valence-corrected chi connectivity index (χ0v) is 34.8. The van der Waals surface area contributed by atoms with E-state index in [1.807, 2.05) is 23.5 Å². The van der Waals surface area contributed by atoms with Crippen molar-refractivity contribution >= 4 is 53.2 Å². The Morgan fingerprint density at radius 3 is 1.35 bits per heavy atom. The fourth-order valence-electron chi connectivity index (χ4n) is 8.79. The Morgan fingerprint density at radius 2 is 0.714 bits per heavy atom. The summed E-state index contributed by atoms with van der Waals surface area (Å²) in [5, 5.41) is 6.11. The van der Waals surface area contributed by atoms with Crippen LogP contribution in [0.4, 0.5) is 0 Å². The van der Waals surface area contributed by atoms with E-state index in [0.29, 0.717) is 17.5 Å². The first-order valence-corrected chi connectivity index (χ1v) is 21.9. The molecule has 0 aliphatic rings. The first kappa shape index (κ1) is 36.7. The second kappa shape index (κ2) is 15.4. The number of hydrogen-bond donors (Lipinski definition) is 0. The molecule has 63 heavy (non-hydrogen) atoms. The van der Waals surface area contributed by atoms with Gasteiger partial charge in [0.1, 0.15) is 0 Å². The Balaban J connectivity index is 0.991. The van der Waals surface area contributed by atoms with E-state index in [1.54, 1.807) is 0 Å². The number of rotatable bonds is 7. The quantitative estimate of drug-likeness (QED) is 0.150. The smallest absolute Gasteiger partial charge is 0.164 e. The summed E-state index contributed by atoms with van der Waals surface area (Å²) in [5.74, 6) is 1.85. The predicted molar refractivity (Wildman–Crippen MR) is 264 cm³/mol. The van der Waals surface area contributed by atoms with Gasteiger partial charge >= 0.3 is 0 Å². The SMILES string of the molecule is c1ccc(-c2ccc(-c3nc(-c4ccc(-c5ccccc5)cc4)nc(-c4cccc(-c5ccc6c(c5)nc(-c5ccccc5)c5ccc7sc8ccccc8c7c56)c4)n3)cc2)cc1. The number of pyridine rings is 1. The molecule has 4 nitrogen and oxygen atoms in total. The fraction of sp³-hybridized carbons (Fsp3) is 0. The van der Waals surface area contributed by atoms with Crippen molar-refractivity contribution in [1.82, 2.24) is 19.9 Å². The summed E-state index contributed by atoms with van der Waals surface area (Å²) >= 11 is 1.85. The summed E-state index contributed by atoms with van der Waals surface area (Å²) in [6.45, 7) is 0. The highest BCUT2D eigenvalue weighted by Gasteiger charge is 2.18. The van der Waals surface area contributed by atoms with E-state index in [4.69, 9.17) is 19.9 Å². The summed E-state index contributed by atoms with van der Waals surface area (Å²) in [5.41, 5.74) is 12.5. The fourth-order valence-corrected chi connectivity index (χ4v) is 9.91. The van der Waals surface area contributed by atoms with Crippen molar-refractivity contribution in [2.45, 2.75) is 0 Å². The molecule has 0 amide bonds. The zero-order valence-electron chi connectivity index (χ0n) is 34.0. The van der Waals surface area contributed by atoms with Crippen LogP contribution in [0.25, 0.3) is 121 Å². The van der Waals surface area contributed by atoms with Crippen LogP contribution in [0.15, 0.2) is 218 Å². The summed E-state index contributed by atoms with van der Waals surface area (Å²) < 4.78 is 2.57. The standard InChI is InChI=1S/C58H36N4S/c1-4-13-37(14-5-1)39-23-27-42(28-24-39)56-60-57(43-29-25-40(26-30-43)38-15-6-2-7-16-38)62-58(61-56)46-20-12-19-44(35-46)45-31-32-47-50(36-45)59-55(41-17-8-3-9-18-41)49-33-34-52-54(53(47)49)48-21-10-11-22-51(48)63-52/h1-36H. The van der Waals surface area contributed by atoms with Gasteiger partial charge < -0.3 is 0 Å². The van der Waals surface area contributed by atoms with Gasteiger partial charge in [-0.1, -0.05) is 194 Å². The molecular formula is C58H36N4S.